The molecule has 1 unspecified atom stereocenters. The third-order valence-electron chi connectivity index (χ3n) is 6.03. The molecule has 0 bridgehead atoms. The number of methoxy groups -OCH3 is 1. The first kappa shape index (κ1) is 22.7. The Labute approximate surface area is 208 Å². The van der Waals surface area contributed by atoms with Crippen LogP contribution >= 0.6 is 11.6 Å². The van der Waals surface area contributed by atoms with Crippen molar-refractivity contribution in [3.63, 3.8) is 0 Å². The number of fused-ring (bicyclic) bond motifs is 1. The van der Waals surface area contributed by atoms with Gasteiger partial charge in [0.25, 0.3) is 0 Å². The van der Waals surface area contributed by atoms with Crippen molar-refractivity contribution in [1.29, 1.82) is 0 Å². The van der Waals surface area contributed by atoms with E-state index in [0.717, 1.165) is 39.3 Å². The first-order valence-corrected chi connectivity index (χ1v) is 11.7. The van der Waals surface area contributed by atoms with E-state index >= 15 is 0 Å². The summed E-state index contributed by atoms with van der Waals surface area (Å²) >= 11 is 6.09. The summed E-state index contributed by atoms with van der Waals surface area (Å²) in [6.07, 6.45) is 6.37. The summed E-state index contributed by atoms with van der Waals surface area (Å²) in [6, 6.07) is 23.1. The maximum atomic E-state index is 13.3. The number of H-pyrrole nitrogens is 1. The van der Waals surface area contributed by atoms with Crippen molar-refractivity contribution in [1.82, 2.24) is 19.9 Å². The molecule has 2 heterocycles. The summed E-state index contributed by atoms with van der Waals surface area (Å²) in [5.74, 6) is 1.43. The number of aromatic nitrogens is 3. The molecule has 0 saturated carbocycles. The molecule has 0 aliphatic carbocycles. The van der Waals surface area contributed by atoms with Crippen molar-refractivity contribution in [2.75, 3.05) is 7.11 Å². The van der Waals surface area contributed by atoms with Crippen LogP contribution in [0.5, 0.6) is 5.75 Å². The second-order valence-electron chi connectivity index (χ2n) is 8.34. The molecule has 35 heavy (non-hydrogen) atoms. The fourth-order valence-electron chi connectivity index (χ4n) is 4.30. The molecule has 3 aromatic carbocycles. The van der Waals surface area contributed by atoms with Gasteiger partial charge in [-0.3, -0.25) is 4.79 Å². The smallest absolute Gasteiger partial charge is 0.225 e. The second kappa shape index (κ2) is 10.1. The minimum Gasteiger partial charge on any atom is -0.497 e. The molecule has 6 nitrogen and oxygen atoms in total. The van der Waals surface area contributed by atoms with Crippen molar-refractivity contribution in [3.8, 4) is 11.4 Å². The van der Waals surface area contributed by atoms with Gasteiger partial charge in [-0.25, -0.2) is 4.98 Å². The monoisotopic (exact) mass is 484 g/mol. The Morgan fingerprint density at radius 1 is 1.11 bits per heavy atom. The van der Waals surface area contributed by atoms with Gasteiger partial charge in [0.1, 0.15) is 11.6 Å². The molecule has 0 aliphatic rings. The Morgan fingerprint density at radius 2 is 1.91 bits per heavy atom. The van der Waals surface area contributed by atoms with Crippen LogP contribution in [0, 0.1) is 0 Å². The zero-order chi connectivity index (χ0) is 24.2. The molecule has 0 spiro atoms. The Kier molecular flexibility index (Phi) is 6.55. The number of carbonyl (C=O) groups excluding carboxylic acids is 1. The Hall–Kier alpha value is -4.03. The van der Waals surface area contributed by atoms with Gasteiger partial charge >= 0.3 is 0 Å². The van der Waals surface area contributed by atoms with Crippen molar-refractivity contribution in [3.05, 3.63) is 113 Å². The number of rotatable bonds is 8. The summed E-state index contributed by atoms with van der Waals surface area (Å²) < 4.78 is 7.35. The number of amides is 1. The topological polar surface area (TPSA) is 71.9 Å². The number of imidazole rings is 1. The summed E-state index contributed by atoms with van der Waals surface area (Å²) in [6.45, 7) is 0. The molecule has 0 radical (unpaired) electrons. The standard InChI is InChI=1S/C28H25ClN4O2/c1-35-23-11-12-25-24(17-23)20(18-31-25)16-27(34)32-26(15-19-5-3-2-4-6-19)28-30-13-14-33(28)22-9-7-21(29)8-10-22/h2-14,17-18,26,31H,15-16H2,1H3,(H,32,34). The SMILES string of the molecule is COc1ccc2[nH]cc(CC(=O)NC(Cc3ccccc3)c3nccn3-c3ccc(Cl)cc3)c2c1. The predicted octanol–water partition coefficient (Wildman–Crippen LogP) is 5.66. The van der Waals surface area contributed by atoms with Gasteiger partial charge in [0.15, 0.2) is 0 Å². The van der Waals surface area contributed by atoms with Crippen LogP contribution in [0.25, 0.3) is 16.6 Å². The van der Waals surface area contributed by atoms with Crippen LogP contribution in [-0.4, -0.2) is 27.6 Å². The minimum atomic E-state index is -0.324. The number of hydrogen-bond acceptors (Lipinski definition) is 3. The van der Waals surface area contributed by atoms with Gasteiger partial charge in [-0.1, -0.05) is 41.9 Å². The lowest BCUT2D eigenvalue weighted by molar-refractivity contribution is -0.121. The highest BCUT2D eigenvalue weighted by Crippen LogP contribution is 2.25. The molecule has 0 aliphatic heterocycles. The van der Waals surface area contributed by atoms with E-state index in [2.05, 4.69) is 27.4 Å². The van der Waals surface area contributed by atoms with Gasteiger partial charge in [0, 0.05) is 40.2 Å². The van der Waals surface area contributed by atoms with Crippen LogP contribution in [0.3, 0.4) is 0 Å². The fourth-order valence-corrected chi connectivity index (χ4v) is 4.42. The fraction of sp³-hybridized carbons (Fsp3) is 0.143. The predicted molar refractivity (Wildman–Crippen MR) is 138 cm³/mol. The van der Waals surface area contributed by atoms with Crippen LogP contribution in [0.1, 0.15) is 23.0 Å². The Bertz CT molecular complexity index is 1440. The second-order valence-corrected chi connectivity index (χ2v) is 8.78. The number of carbonyl (C=O) groups is 1. The molecular formula is C28H25ClN4O2. The van der Waals surface area contributed by atoms with Gasteiger partial charge < -0.3 is 19.6 Å². The largest absolute Gasteiger partial charge is 0.497 e. The molecule has 2 N–H and O–H groups in total. The zero-order valence-corrected chi connectivity index (χ0v) is 20.0. The van der Waals surface area contributed by atoms with E-state index in [1.807, 2.05) is 77.6 Å². The number of hydrogen-bond donors (Lipinski definition) is 2. The highest BCUT2D eigenvalue weighted by Gasteiger charge is 2.22. The lowest BCUT2D eigenvalue weighted by Crippen LogP contribution is -2.33. The average molecular weight is 485 g/mol. The normalized spacial score (nSPS) is 11.9. The van der Waals surface area contributed by atoms with E-state index in [4.69, 9.17) is 16.3 Å². The van der Waals surface area contributed by atoms with Gasteiger partial charge in [-0.15, -0.1) is 0 Å². The molecule has 176 valence electrons. The van der Waals surface area contributed by atoms with Gasteiger partial charge in [0.2, 0.25) is 5.91 Å². The van der Waals surface area contributed by atoms with E-state index in [9.17, 15) is 4.79 Å². The average Bonchev–Trinajstić information content (AvgIpc) is 3.52. The quantitative estimate of drug-likeness (QED) is 0.298. The Balaban J connectivity index is 1.43. The molecule has 1 atom stereocenters. The minimum absolute atomic E-state index is 0.0830. The lowest BCUT2D eigenvalue weighted by atomic mass is 10.0. The summed E-state index contributed by atoms with van der Waals surface area (Å²) in [4.78, 5) is 21.2. The van der Waals surface area contributed by atoms with Gasteiger partial charge in [-0.05, 0) is 60.0 Å². The molecule has 7 heteroatoms. The first-order chi connectivity index (χ1) is 17.1. The van der Waals surface area contributed by atoms with Crippen LogP contribution < -0.4 is 10.1 Å². The van der Waals surface area contributed by atoms with E-state index in [1.54, 1.807) is 13.3 Å². The van der Waals surface area contributed by atoms with Crippen molar-refractivity contribution in [2.45, 2.75) is 18.9 Å². The molecule has 0 saturated heterocycles. The first-order valence-electron chi connectivity index (χ1n) is 11.4. The van der Waals surface area contributed by atoms with Crippen molar-refractivity contribution < 1.29 is 9.53 Å². The third-order valence-corrected chi connectivity index (χ3v) is 6.28. The van der Waals surface area contributed by atoms with E-state index in [-0.39, 0.29) is 18.4 Å². The van der Waals surface area contributed by atoms with E-state index < -0.39 is 0 Å². The molecular weight excluding hydrogens is 460 g/mol. The Morgan fingerprint density at radius 3 is 2.69 bits per heavy atom. The number of halogens is 1. The number of aromatic amines is 1. The molecule has 1 amide bonds. The number of benzene rings is 3. The van der Waals surface area contributed by atoms with Crippen LogP contribution in [0.15, 0.2) is 91.4 Å². The van der Waals surface area contributed by atoms with E-state index in [1.165, 1.54) is 0 Å². The number of nitrogens with one attached hydrogen (secondary N) is 2. The summed E-state index contributed by atoms with van der Waals surface area (Å²) in [7, 11) is 1.64. The maximum absolute atomic E-state index is 13.3. The zero-order valence-electron chi connectivity index (χ0n) is 19.2. The summed E-state index contributed by atoms with van der Waals surface area (Å²) in [5, 5.41) is 4.87. The van der Waals surface area contributed by atoms with E-state index in [0.29, 0.717) is 11.4 Å². The number of ether oxygens (including phenoxy) is 1. The maximum Gasteiger partial charge on any atom is 0.225 e. The highest BCUT2D eigenvalue weighted by molar-refractivity contribution is 6.30. The van der Waals surface area contributed by atoms with Crippen molar-refractivity contribution >= 4 is 28.4 Å². The van der Waals surface area contributed by atoms with Gasteiger partial charge in [-0.2, -0.15) is 0 Å². The van der Waals surface area contributed by atoms with Gasteiger partial charge in [0.05, 0.1) is 19.6 Å². The number of nitrogens with zero attached hydrogens (tertiary/aromatic N) is 2. The van der Waals surface area contributed by atoms with Crippen molar-refractivity contribution in [2.24, 2.45) is 0 Å². The highest BCUT2D eigenvalue weighted by atomic mass is 35.5. The van der Waals surface area contributed by atoms with Crippen LogP contribution in [0.2, 0.25) is 5.02 Å². The summed E-state index contributed by atoms with van der Waals surface area (Å²) in [5.41, 5.74) is 3.92. The third kappa shape index (κ3) is 5.08. The molecule has 5 aromatic rings. The molecule has 0 fully saturated rings. The molecule has 5 rings (SSSR count). The molecule has 2 aromatic heterocycles. The van der Waals surface area contributed by atoms with Crippen LogP contribution in [-0.2, 0) is 17.6 Å². The van der Waals surface area contributed by atoms with Crippen LogP contribution in [0.4, 0.5) is 0 Å². The lowest BCUT2D eigenvalue weighted by Gasteiger charge is -2.20.